The Labute approximate surface area is 135 Å². The van der Waals surface area contributed by atoms with Crippen molar-refractivity contribution in [1.82, 2.24) is 9.29 Å². The van der Waals surface area contributed by atoms with Crippen LogP contribution in [-0.2, 0) is 16.6 Å². The molecule has 0 aliphatic heterocycles. The molecule has 0 saturated heterocycles. The standard InChI is InChI=1S/C15H22N2O3S2/c1-5-9-17-12-8-7-11(10-13(12)21-14(17)18)22(19,20)16-15(3,4)6-2/h7-8,10,16H,5-6,9H2,1-4H3. The number of benzene rings is 1. The van der Waals surface area contributed by atoms with Crippen LogP contribution < -0.4 is 9.60 Å². The second kappa shape index (κ2) is 6.14. The Bertz CT molecular complexity index is 832. The Morgan fingerprint density at radius 2 is 1.95 bits per heavy atom. The predicted octanol–water partition coefficient (Wildman–Crippen LogP) is 2.94. The average Bonchev–Trinajstić information content (AvgIpc) is 2.74. The molecule has 5 nitrogen and oxygen atoms in total. The van der Waals surface area contributed by atoms with Crippen LogP contribution >= 0.6 is 11.3 Å². The first-order chi connectivity index (χ1) is 10.2. The summed E-state index contributed by atoms with van der Waals surface area (Å²) in [6.07, 6.45) is 1.55. The number of aryl methyl sites for hydroxylation is 1. The molecule has 2 aromatic rings. The maximum absolute atomic E-state index is 12.5. The van der Waals surface area contributed by atoms with Crippen LogP contribution in [0.3, 0.4) is 0 Å². The van der Waals surface area contributed by atoms with Crippen LogP contribution in [0, 0.1) is 0 Å². The van der Waals surface area contributed by atoms with Gasteiger partial charge in [0, 0.05) is 12.1 Å². The van der Waals surface area contributed by atoms with Crippen LogP contribution in [0.1, 0.15) is 40.5 Å². The summed E-state index contributed by atoms with van der Waals surface area (Å²) in [7, 11) is -3.59. The van der Waals surface area contributed by atoms with E-state index >= 15 is 0 Å². The Hall–Kier alpha value is -1.18. The maximum Gasteiger partial charge on any atom is 0.308 e. The Balaban J connectivity index is 2.48. The summed E-state index contributed by atoms with van der Waals surface area (Å²) >= 11 is 1.09. The molecule has 1 heterocycles. The predicted molar refractivity (Wildman–Crippen MR) is 91.1 cm³/mol. The van der Waals surface area contributed by atoms with Crippen LogP contribution in [0.5, 0.6) is 0 Å². The number of hydrogen-bond acceptors (Lipinski definition) is 4. The van der Waals surface area contributed by atoms with E-state index in [9.17, 15) is 13.2 Å². The molecule has 122 valence electrons. The molecule has 0 spiro atoms. The number of fused-ring (bicyclic) bond motifs is 1. The molecule has 0 bridgehead atoms. The number of hydrogen-bond donors (Lipinski definition) is 1. The van der Waals surface area contributed by atoms with E-state index in [0.717, 1.165) is 23.3 Å². The summed E-state index contributed by atoms with van der Waals surface area (Å²) in [5.41, 5.74) is 0.292. The molecular formula is C15H22N2O3S2. The zero-order chi connectivity index (χ0) is 16.5. The van der Waals surface area contributed by atoms with E-state index in [0.29, 0.717) is 17.7 Å². The van der Waals surface area contributed by atoms with Gasteiger partial charge in [-0.3, -0.25) is 9.36 Å². The molecule has 22 heavy (non-hydrogen) atoms. The molecule has 0 radical (unpaired) electrons. The van der Waals surface area contributed by atoms with Crippen LogP contribution in [0.2, 0.25) is 0 Å². The first-order valence-corrected chi connectivity index (χ1v) is 9.67. The van der Waals surface area contributed by atoms with E-state index in [1.54, 1.807) is 22.8 Å². The van der Waals surface area contributed by atoms with E-state index in [2.05, 4.69) is 4.72 Å². The summed E-state index contributed by atoms with van der Waals surface area (Å²) in [6.45, 7) is 8.28. The van der Waals surface area contributed by atoms with E-state index in [1.807, 2.05) is 27.7 Å². The van der Waals surface area contributed by atoms with Gasteiger partial charge in [-0.15, -0.1) is 0 Å². The maximum atomic E-state index is 12.5. The molecule has 0 atom stereocenters. The van der Waals surface area contributed by atoms with Crippen LogP contribution in [-0.4, -0.2) is 18.5 Å². The highest BCUT2D eigenvalue weighted by Gasteiger charge is 2.25. The molecular weight excluding hydrogens is 320 g/mol. The highest BCUT2D eigenvalue weighted by atomic mass is 32.2. The van der Waals surface area contributed by atoms with Crippen LogP contribution in [0.4, 0.5) is 0 Å². The van der Waals surface area contributed by atoms with Crippen molar-refractivity contribution >= 4 is 31.6 Å². The lowest BCUT2D eigenvalue weighted by atomic mass is 10.0. The van der Waals surface area contributed by atoms with Gasteiger partial charge in [-0.05, 0) is 44.9 Å². The van der Waals surface area contributed by atoms with Gasteiger partial charge < -0.3 is 0 Å². The molecule has 0 aliphatic rings. The molecule has 1 aromatic heterocycles. The van der Waals surface area contributed by atoms with Crippen molar-refractivity contribution in [3.8, 4) is 0 Å². The van der Waals surface area contributed by atoms with Crippen molar-refractivity contribution in [1.29, 1.82) is 0 Å². The van der Waals surface area contributed by atoms with Gasteiger partial charge >= 0.3 is 4.87 Å². The molecule has 0 saturated carbocycles. The highest BCUT2D eigenvalue weighted by Crippen LogP contribution is 2.23. The van der Waals surface area contributed by atoms with Gasteiger partial charge in [0.05, 0.1) is 15.1 Å². The Morgan fingerprint density at radius 1 is 1.27 bits per heavy atom. The fourth-order valence-electron chi connectivity index (χ4n) is 2.14. The van der Waals surface area contributed by atoms with Crippen molar-refractivity contribution in [3.05, 3.63) is 27.9 Å². The minimum absolute atomic E-state index is 0.0479. The SMILES string of the molecule is CCCn1c(=O)sc2cc(S(=O)(=O)NC(C)(C)CC)ccc21. The van der Waals surface area contributed by atoms with E-state index < -0.39 is 15.6 Å². The number of nitrogens with zero attached hydrogens (tertiary/aromatic N) is 1. The van der Waals surface area contributed by atoms with Crippen molar-refractivity contribution in [2.75, 3.05) is 0 Å². The topological polar surface area (TPSA) is 68.2 Å². The van der Waals surface area contributed by atoms with Gasteiger partial charge in [0.25, 0.3) is 0 Å². The molecule has 0 fully saturated rings. The molecule has 1 N–H and O–H groups in total. The molecule has 0 aliphatic carbocycles. The molecule has 0 unspecified atom stereocenters. The van der Waals surface area contributed by atoms with E-state index in [-0.39, 0.29) is 9.77 Å². The third-order valence-corrected chi connectivity index (χ3v) is 6.33. The summed E-state index contributed by atoms with van der Waals surface area (Å²) in [4.78, 5) is 12.1. The fourth-order valence-corrected chi connectivity index (χ4v) is 4.69. The number of rotatable bonds is 6. The minimum atomic E-state index is -3.59. The van der Waals surface area contributed by atoms with Gasteiger partial charge in [0.1, 0.15) is 0 Å². The van der Waals surface area contributed by atoms with Gasteiger partial charge in [-0.1, -0.05) is 25.2 Å². The zero-order valence-corrected chi connectivity index (χ0v) is 15.0. The zero-order valence-electron chi connectivity index (χ0n) is 13.3. The number of nitrogens with one attached hydrogen (secondary N) is 1. The number of aromatic nitrogens is 1. The first kappa shape index (κ1) is 17.2. The van der Waals surface area contributed by atoms with Gasteiger partial charge in [0.2, 0.25) is 10.0 Å². The van der Waals surface area contributed by atoms with Gasteiger partial charge in [-0.25, -0.2) is 13.1 Å². The Kier molecular flexibility index (Phi) is 4.79. The first-order valence-electron chi connectivity index (χ1n) is 7.37. The van der Waals surface area contributed by atoms with Gasteiger partial charge in [-0.2, -0.15) is 0 Å². The van der Waals surface area contributed by atoms with Crippen molar-refractivity contribution in [3.63, 3.8) is 0 Å². The minimum Gasteiger partial charge on any atom is -0.299 e. The smallest absolute Gasteiger partial charge is 0.299 e. The summed E-state index contributed by atoms with van der Waals surface area (Å²) in [5, 5.41) is 0. The van der Waals surface area contributed by atoms with Crippen LogP contribution in [0.15, 0.2) is 27.9 Å². The van der Waals surface area contributed by atoms with E-state index in [4.69, 9.17) is 0 Å². The summed E-state index contributed by atoms with van der Waals surface area (Å²) in [6, 6.07) is 4.87. The molecule has 0 amide bonds. The monoisotopic (exact) mass is 342 g/mol. The lowest BCUT2D eigenvalue weighted by Crippen LogP contribution is -2.42. The summed E-state index contributed by atoms with van der Waals surface area (Å²) < 4.78 is 30.1. The third-order valence-electron chi connectivity index (χ3n) is 3.69. The fraction of sp³-hybridized carbons (Fsp3) is 0.533. The third kappa shape index (κ3) is 3.42. The second-order valence-corrected chi connectivity index (χ2v) is 8.67. The van der Waals surface area contributed by atoms with Crippen molar-refractivity contribution < 1.29 is 8.42 Å². The van der Waals surface area contributed by atoms with Crippen molar-refractivity contribution in [2.24, 2.45) is 0 Å². The van der Waals surface area contributed by atoms with Crippen molar-refractivity contribution in [2.45, 2.75) is 57.5 Å². The highest BCUT2D eigenvalue weighted by molar-refractivity contribution is 7.89. The lowest BCUT2D eigenvalue weighted by molar-refractivity contribution is 0.439. The second-order valence-electron chi connectivity index (χ2n) is 5.99. The van der Waals surface area contributed by atoms with Gasteiger partial charge in [0.15, 0.2) is 0 Å². The van der Waals surface area contributed by atoms with Crippen LogP contribution in [0.25, 0.3) is 10.2 Å². The molecule has 7 heteroatoms. The lowest BCUT2D eigenvalue weighted by Gasteiger charge is -2.24. The largest absolute Gasteiger partial charge is 0.308 e. The normalized spacial score (nSPS) is 12.9. The number of sulfonamides is 1. The Morgan fingerprint density at radius 3 is 2.55 bits per heavy atom. The average molecular weight is 342 g/mol. The van der Waals surface area contributed by atoms with E-state index in [1.165, 1.54) is 0 Å². The molecule has 2 rings (SSSR count). The number of thiazole rings is 1. The quantitative estimate of drug-likeness (QED) is 0.877. The summed E-state index contributed by atoms with van der Waals surface area (Å²) in [5.74, 6) is 0. The molecule has 1 aromatic carbocycles.